The van der Waals surface area contributed by atoms with E-state index >= 15 is 0 Å². The lowest BCUT2D eigenvalue weighted by atomic mass is 10.1. The first-order valence-electron chi connectivity index (χ1n) is 9.03. The van der Waals surface area contributed by atoms with Crippen molar-refractivity contribution in [1.82, 2.24) is 4.98 Å². The van der Waals surface area contributed by atoms with E-state index < -0.39 is 0 Å². The van der Waals surface area contributed by atoms with Gasteiger partial charge in [-0.05, 0) is 62.8 Å². The molecule has 0 atom stereocenters. The number of unbranched alkanes of at least 4 members (excludes halogenated alkanes) is 1. The Morgan fingerprint density at radius 3 is 2.46 bits per heavy atom. The summed E-state index contributed by atoms with van der Waals surface area (Å²) < 4.78 is 0. The summed E-state index contributed by atoms with van der Waals surface area (Å²) in [6.45, 7) is 4.01. The molecule has 0 fully saturated rings. The number of pyridine rings is 1. The Morgan fingerprint density at radius 2 is 1.73 bits per heavy atom. The van der Waals surface area contributed by atoms with E-state index in [1.807, 2.05) is 25.2 Å². The first-order valence-corrected chi connectivity index (χ1v) is 9.85. The number of nitrogens with one attached hydrogen (secondary N) is 1. The molecule has 0 saturated heterocycles. The summed E-state index contributed by atoms with van der Waals surface area (Å²) in [6, 6.07) is 17.2. The van der Waals surface area contributed by atoms with Crippen LogP contribution in [-0.4, -0.2) is 4.98 Å². The standard InChI is InChI=1S/C22H25NOS.ClH/c1-3-18-15-20(16(2)23-22(18)24)21-14-13-19(25-21)12-8-7-11-17-9-5-4-6-10-17;/h4-6,9-10,13-15H,3,7-8,11-12H2,1-2H3,(H,23,24);1H. The topological polar surface area (TPSA) is 32.9 Å². The molecule has 1 N–H and O–H groups in total. The fraction of sp³-hybridized carbons (Fsp3) is 0.318. The maximum absolute atomic E-state index is 11.9. The summed E-state index contributed by atoms with van der Waals surface area (Å²) in [7, 11) is 0. The molecule has 2 heterocycles. The predicted octanol–water partition coefficient (Wildman–Crippen LogP) is 5.96. The van der Waals surface area contributed by atoms with Gasteiger partial charge in [-0.25, -0.2) is 0 Å². The van der Waals surface area contributed by atoms with Crippen LogP contribution in [0, 0.1) is 6.92 Å². The molecule has 138 valence electrons. The molecule has 0 aliphatic carbocycles. The third-order valence-corrected chi connectivity index (χ3v) is 5.78. The first kappa shape index (κ1) is 20.5. The van der Waals surface area contributed by atoms with Gasteiger partial charge in [0.1, 0.15) is 0 Å². The number of hydrogen-bond acceptors (Lipinski definition) is 2. The van der Waals surface area contributed by atoms with Crippen molar-refractivity contribution in [2.45, 2.75) is 46.0 Å². The lowest BCUT2D eigenvalue weighted by Gasteiger charge is -2.05. The number of hydrogen-bond donors (Lipinski definition) is 1. The van der Waals surface area contributed by atoms with E-state index in [0.29, 0.717) is 0 Å². The minimum Gasteiger partial charge on any atom is -0.326 e. The summed E-state index contributed by atoms with van der Waals surface area (Å²) in [5.74, 6) is 0. The number of rotatable bonds is 7. The van der Waals surface area contributed by atoms with Crippen molar-refractivity contribution in [3.8, 4) is 10.4 Å². The maximum atomic E-state index is 11.9. The average molecular weight is 388 g/mol. The Kier molecular flexibility index (Phi) is 7.67. The molecule has 26 heavy (non-hydrogen) atoms. The third-order valence-electron chi connectivity index (χ3n) is 4.60. The van der Waals surface area contributed by atoms with E-state index in [0.717, 1.165) is 36.1 Å². The normalized spacial score (nSPS) is 10.5. The lowest BCUT2D eigenvalue weighted by molar-refractivity contribution is 0.740. The molecule has 4 heteroatoms. The van der Waals surface area contributed by atoms with Crippen LogP contribution in [0.4, 0.5) is 0 Å². The van der Waals surface area contributed by atoms with Crippen molar-refractivity contribution in [2.24, 2.45) is 0 Å². The molecular formula is C22H26ClNOS. The van der Waals surface area contributed by atoms with Gasteiger partial charge in [-0.1, -0.05) is 37.3 Å². The highest BCUT2D eigenvalue weighted by Crippen LogP contribution is 2.30. The molecule has 3 aromatic rings. The molecule has 0 aliphatic heterocycles. The smallest absolute Gasteiger partial charge is 0.251 e. The van der Waals surface area contributed by atoms with Crippen LogP contribution in [0.5, 0.6) is 0 Å². The van der Waals surface area contributed by atoms with Gasteiger partial charge in [0.15, 0.2) is 0 Å². The third kappa shape index (κ3) is 5.09. The Morgan fingerprint density at radius 1 is 1.00 bits per heavy atom. The highest BCUT2D eigenvalue weighted by Gasteiger charge is 2.09. The summed E-state index contributed by atoms with van der Waals surface area (Å²) in [6.07, 6.45) is 5.47. The zero-order valence-electron chi connectivity index (χ0n) is 15.4. The van der Waals surface area contributed by atoms with Gasteiger partial charge in [-0.3, -0.25) is 4.79 Å². The quantitative estimate of drug-likeness (QED) is 0.498. The highest BCUT2D eigenvalue weighted by molar-refractivity contribution is 7.15. The minimum atomic E-state index is 0. The van der Waals surface area contributed by atoms with Crippen LogP contribution in [0.25, 0.3) is 10.4 Å². The van der Waals surface area contributed by atoms with E-state index in [4.69, 9.17) is 0 Å². The maximum Gasteiger partial charge on any atom is 0.251 e. The second kappa shape index (κ2) is 9.75. The fourth-order valence-corrected chi connectivity index (χ4v) is 4.24. The van der Waals surface area contributed by atoms with Crippen molar-refractivity contribution < 1.29 is 0 Å². The molecular weight excluding hydrogens is 362 g/mol. The highest BCUT2D eigenvalue weighted by atomic mass is 35.5. The zero-order chi connectivity index (χ0) is 17.6. The zero-order valence-corrected chi connectivity index (χ0v) is 17.0. The Labute approximate surface area is 165 Å². The minimum absolute atomic E-state index is 0. The van der Waals surface area contributed by atoms with E-state index in [-0.39, 0.29) is 18.0 Å². The summed E-state index contributed by atoms with van der Waals surface area (Å²) in [5.41, 5.74) is 4.45. The molecule has 0 saturated carbocycles. The van der Waals surface area contributed by atoms with Crippen molar-refractivity contribution in [3.63, 3.8) is 0 Å². The number of benzene rings is 1. The number of H-pyrrole nitrogens is 1. The first-order chi connectivity index (χ1) is 12.2. The van der Waals surface area contributed by atoms with Crippen molar-refractivity contribution in [1.29, 1.82) is 0 Å². The molecule has 0 amide bonds. The van der Waals surface area contributed by atoms with Gasteiger partial charge in [-0.15, -0.1) is 23.7 Å². The van der Waals surface area contributed by atoms with Crippen LogP contribution >= 0.6 is 23.7 Å². The van der Waals surface area contributed by atoms with E-state index in [2.05, 4.69) is 53.5 Å². The van der Waals surface area contributed by atoms with Gasteiger partial charge < -0.3 is 4.98 Å². The van der Waals surface area contributed by atoms with Gasteiger partial charge in [-0.2, -0.15) is 0 Å². The molecule has 3 rings (SSSR count). The van der Waals surface area contributed by atoms with E-state index in [9.17, 15) is 4.79 Å². The molecule has 2 aromatic heterocycles. The lowest BCUT2D eigenvalue weighted by Crippen LogP contribution is -2.13. The van der Waals surface area contributed by atoms with E-state index in [1.54, 1.807) is 0 Å². The second-order valence-electron chi connectivity index (χ2n) is 6.47. The average Bonchev–Trinajstić information content (AvgIpc) is 3.08. The van der Waals surface area contributed by atoms with Crippen molar-refractivity contribution in [3.05, 3.63) is 80.6 Å². The number of aromatic amines is 1. The summed E-state index contributed by atoms with van der Waals surface area (Å²) >= 11 is 1.85. The van der Waals surface area contributed by atoms with Crippen LogP contribution < -0.4 is 5.56 Å². The second-order valence-corrected chi connectivity index (χ2v) is 7.64. The van der Waals surface area contributed by atoms with Crippen LogP contribution in [0.15, 0.2) is 53.3 Å². The van der Waals surface area contributed by atoms with Gasteiger partial charge in [0.05, 0.1) is 0 Å². The van der Waals surface area contributed by atoms with Gasteiger partial charge in [0, 0.05) is 26.6 Å². The number of thiophene rings is 1. The largest absolute Gasteiger partial charge is 0.326 e. The SMILES string of the molecule is CCc1cc(-c2ccc(CCCCc3ccccc3)s2)c(C)[nH]c1=O.Cl. The van der Waals surface area contributed by atoms with Crippen LogP contribution in [0.1, 0.15) is 41.5 Å². The number of aromatic nitrogens is 1. The number of aryl methyl sites for hydroxylation is 4. The van der Waals surface area contributed by atoms with Gasteiger partial charge >= 0.3 is 0 Å². The predicted molar refractivity (Wildman–Crippen MR) is 115 cm³/mol. The van der Waals surface area contributed by atoms with Crippen molar-refractivity contribution >= 4 is 23.7 Å². The molecule has 0 radical (unpaired) electrons. The molecule has 1 aromatic carbocycles. The van der Waals surface area contributed by atoms with Crippen LogP contribution in [0.2, 0.25) is 0 Å². The van der Waals surface area contributed by atoms with Gasteiger partial charge in [0.2, 0.25) is 0 Å². The monoisotopic (exact) mass is 387 g/mol. The van der Waals surface area contributed by atoms with Crippen molar-refractivity contribution in [2.75, 3.05) is 0 Å². The summed E-state index contributed by atoms with van der Waals surface area (Å²) in [4.78, 5) is 17.6. The Hall–Kier alpha value is -1.84. The Balaban J connectivity index is 0.00000243. The van der Waals surface area contributed by atoms with Gasteiger partial charge in [0.25, 0.3) is 5.56 Å². The van der Waals surface area contributed by atoms with Crippen LogP contribution in [0.3, 0.4) is 0 Å². The summed E-state index contributed by atoms with van der Waals surface area (Å²) in [5, 5.41) is 0. The van der Waals surface area contributed by atoms with Crippen LogP contribution in [-0.2, 0) is 19.3 Å². The molecule has 0 aliphatic rings. The molecule has 0 bridgehead atoms. The molecule has 2 nitrogen and oxygen atoms in total. The molecule has 0 unspecified atom stereocenters. The molecule has 0 spiro atoms. The van der Waals surface area contributed by atoms with E-state index in [1.165, 1.54) is 28.2 Å². The number of halogens is 1. The fourth-order valence-electron chi connectivity index (χ4n) is 3.11. The Bertz CT molecular complexity index is 883.